The van der Waals surface area contributed by atoms with Crippen LogP contribution in [0.5, 0.6) is 0 Å². The molecule has 0 spiro atoms. The molecule has 0 saturated heterocycles. The topological polar surface area (TPSA) is 111 Å². The van der Waals surface area contributed by atoms with Crippen LogP contribution in [0.1, 0.15) is 41.6 Å². The zero-order chi connectivity index (χ0) is 27.0. The standard InChI is InChI=1S/C28H21ClN2O6S/c1-3-36-27(35)23-15(2)30-28-31(24(23)17-8-10-19(29)11-9-17)25(32)22(38-28)14-20-12-13-21(37-20)16-4-6-18(7-5-16)26(33)34/h4-14,24H,3H2,1-2H3,(H,33,34)/b22-14+. The molecule has 192 valence electrons. The van der Waals surface area contributed by atoms with Crippen molar-refractivity contribution in [3.05, 3.63) is 114 Å². The number of furan rings is 1. The third-order valence-electron chi connectivity index (χ3n) is 6.02. The lowest BCUT2D eigenvalue weighted by atomic mass is 9.96. The summed E-state index contributed by atoms with van der Waals surface area (Å²) in [5.74, 6) is -0.574. The number of carbonyl (C=O) groups excluding carboxylic acids is 1. The number of nitrogens with zero attached hydrogens (tertiary/aromatic N) is 2. The maximum Gasteiger partial charge on any atom is 0.338 e. The second-order valence-corrected chi connectivity index (χ2v) is 9.88. The molecular weight excluding hydrogens is 528 g/mol. The van der Waals surface area contributed by atoms with Gasteiger partial charge in [0.05, 0.1) is 34.0 Å². The van der Waals surface area contributed by atoms with E-state index < -0.39 is 18.0 Å². The van der Waals surface area contributed by atoms with Crippen LogP contribution < -0.4 is 14.9 Å². The fourth-order valence-corrected chi connectivity index (χ4v) is 5.40. The molecule has 1 aliphatic rings. The van der Waals surface area contributed by atoms with E-state index >= 15 is 0 Å². The van der Waals surface area contributed by atoms with Crippen LogP contribution in [0, 0.1) is 0 Å². The van der Waals surface area contributed by atoms with Crippen molar-refractivity contribution in [3.63, 3.8) is 0 Å². The highest BCUT2D eigenvalue weighted by Crippen LogP contribution is 2.31. The van der Waals surface area contributed by atoms with E-state index in [4.69, 9.17) is 25.9 Å². The van der Waals surface area contributed by atoms with Crippen LogP contribution in [0.3, 0.4) is 0 Å². The van der Waals surface area contributed by atoms with E-state index in [1.54, 1.807) is 68.5 Å². The van der Waals surface area contributed by atoms with E-state index in [2.05, 4.69) is 4.99 Å². The molecule has 8 nitrogen and oxygen atoms in total. The fourth-order valence-electron chi connectivity index (χ4n) is 4.24. The van der Waals surface area contributed by atoms with Crippen LogP contribution in [-0.4, -0.2) is 28.2 Å². The van der Waals surface area contributed by atoms with Crippen molar-refractivity contribution in [2.24, 2.45) is 4.99 Å². The highest BCUT2D eigenvalue weighted by molar-refractivity contribution is 7.07. The average molecular weight is 549 g/mol. The molecule has 1 aliphatic heterocycles. The van der Waals surface area contributed by atoms with E-state index in [0.717, 1.165) is 0 Å². The minimum absolute atomic E-state index is 0.175. The molecule has 0 amide bonds. The van der Waals surface area contributed by atoms with Crippen molar-refractivity contribution < 1.29 is 23.8 Å². The summed E-state index contributed by atoms with van der Waals surface area (Å²) in [4.78, 5) is 42.7. The summed E-state index contributed by atoms with van der Waals surface area (Å²) in [6, 6.07) is 16.0. The summed E-state index contributed by atoms with van der Waals surface area (Å²) >= 11 is 7.28. The highest BCUT2D eigenvalue weighted by atomic mass is 35.5. The van der Waals surface area contributed by atoms with Crippen LogP contribution >= 0.6 is 22.9 Å². The number of allylic oxidation sites excluding steroid dienone is 1. The average Bonchev–Trinajstić information content (AvgIpc) is 3.48. The Balaban J connectivity index is 1.59. The van der Waals surface area contributed by atoms with Crippen molar-refractivity contribution in [1.29, 1.82) is 0 Å². The van der Waals surface area contributed by atoms with Gasteiger partial charge in [0.1, 0.15) is 11.5 Å². The minimum atomic E-state index is -1.01. The first-order valence-electron chi connectivity index (χ1n) is 11.7. The molecule has 2 aromatic heterocycles. The molecule has 1 atom stereocenters. The van der Waals surface area contributed by atoms with Crippen molar-refractivity contribution in [3.8, 4) is 11.3 Å². The molecule has 0 bridgehead atoms. The lowest BCUT2D eigenvalue weighted by molar-refractivity contribution is -0.139. The first-order chi connectivity index (χ1) is 18.3. The molecule has 5 rings (SSSR count). The highest BCUT2D eigenvalue weighted by Gasteiger charge is 2.33. The van der Waals surface area contributed by atoms with Gasteiger partial charge in [0, 0.05) is 16.7 Å². The molecule has 0 aliphatic carbocycles. The normalized spacial score (nSPS) is 15.2. The maximum absolute atomic E-state index is 13.7. The molecule has 10 heteroatoms. The Kier molecular flexibility index (Phi) is 6.88. The quantitative estimate of drug-likeness (QED) is 0.357. The number of carboxylic acid groups (broad SMARTS) is 1. The summed E-state index contributed by atoms with van der Waals surface area (Å²) in [5, 5.41) is 9.64. The molecule has 0 saturated carbocycles. The van der Waals surface area contributed by atoms with Gasteiger partial charge in [0.25, 0.3) is 5.56 Å². The number of carboxylic acids is 1. The number of rotatable bonds is 6. The molecule has 3 heterocycles. The summed E-state index contributed by atoms with van der Waals surface area (Å²) in [5.41, 5.74) is 2.01. The first kappa shape index (κ1) is 25.4. The van der Waals surface area contributed by atoms with Crippen LogP contribution in [0.4, 0.5) is 0 Å². The van der Waals surface area contributed by atoms with Gasteiger partial charge in [-0.15, -0.1) is 0 Å². The lowest BCUT2D eigenvalue weighted by Crippen LogP contribution is -2.39. The summed E-state index contributed by atoms with van der Waals surface area (Å²) in [6.45, 7) is 3.63. The maximum atomic E-state index is 13.7. The van der Waals surface area contributed by atoms with E-state index in [1.165, 1.54) is 28.0 Å². The van der Waals surface area contributed by atoms with Crippen LogP contribution in [-0.2, 0) is 9.53 Å². The molecular formula is C28H21ClN2O6S. The summed E-state index contributed by atoms with van der Waals surface area (Å²) < 4.78 is 13.1. The number of carbonyl (C=O) groups is 2. The predicted molar refractivity (Wildman–Crippen MR) is 143 cm³/mol. The predicted octanol–water partition coefficient (Wildman–Crippen LogP) is 4.41. The van der Waals surface area contributed by atoms with Crippen molar-refractivity contribution in [1.82, 2.24) is 4.57 Å². The van der Waals surface area contributed by atoms with Crippen molar-refractivity contribution in [2.45, 2.75) is 19.9 Å². The summed E-state index contributed by atoms with van der Waals surface area (Å²) in [6.07, 6.45) is 1.63. The number of fused-ring (bicyclic) bond motifs is 1. The number of esters is 1. The van der Waals surface area contributed by atoms with Gasteiger partial charge in [-0.05, 0) is 55.8 Å². The number of aromatic nitrogens is 1. The number of ether oxygens (including phenoxy) is 1. The summed E-state index contributed by atoms with van der Waals surface area (Å²) in [7, 11) is 0. The smallest absolute Gasteiger partial charge is 0.338 e. The third-order valence-corrected chi connectivity index (χ3v) is 7.25. The van der Waals surface area contributed by atoms with Gasteiger partial charge in [0.2, 0.25) is 0 Å². The fraction of sp³-hybridized carbons (Fsp3) is 0.143. The molecule has 2 aromatic carbocycles. The van der Waals surface area contributed by atoms with Gasteiger partial charge in [0.15, 0.2) is 4.80 Å². The lowest BCUT2D eigenvalue weighted by Gasteiger charge is -2.24. The Morgan fingerprint density at radius 1 is 1.13 bits per heavy atom. The minimum Gasteiger partial charge on any atom is -0.478 e. The zero-order valence-electron chi connectivity index (χ0n) is 20.3. The van der Waals surface area contributed by atoms with Gasteiger partial charge in [-0.25, -0.2) is 14.6 Å². The molecule has 1 N–H and O–H groups in total. The second-order valence-electron chi connectivity index (χ2n) is 8.44. The van der Waals surface area contributed by atoms with E-state index in [0.29, 0.717) is 48.3 Å². The van der Waals surface area contributed by atoms with Gasteiger partial charge >= 0.3 is 11.9 Å². The molecule has 38 heavy (non-hydrogen) atoms. The third kappa shape index (κ3) is 4.73. The van der Waals surface area contributed by atoms with Crippen molar-refractivity contribution in [2.75, 3.05) is 6.61 Å². The van der Waals surface area contributed by atoms with Crippen molar-refractivity contribution >= 4 is 41.0 Å². The van der Waals surface area contributed by atoms with Gasteiger partial charge in [-0.3, -0.25) is 9.36 Å². The SMILES string of the molecule is CCOC(=O)C1=C(C)N=c2s/c(=C/c3ccc(-c4ccc(C(=O)O)cc4)o3)c(=O)n2C1c1ccc(Cl)cc1. The van der Waals surface area contributed by atoms with Crippen LogP contribution in [0.15, 0.2) is 86.1 Å². The molecule has 0 radical (unpaired) electrons. The monoisotopic (exact) mass is 548 g/mol. The molecule has 1 unspecified atom stereocenters. The van der Waals surface area contributed by atoms with Gasteiger partial charge in [-0.2, -0.15) is 0 Å². The Morgan fingerprint density at radius 2 is 1.84 bits per heavy atom. The Bertz CT molecular complexity index is 1760. The number of thiazole rings is 1. The Morgan fingerprint density at radius 3 is 2.50 bits per heavy atom. The number of benzene rings is 2. The molecule has 0 fully saturated rings. The zero-order valence-corrected chi connectivity index (χ0v) is 21.9. The van der Waals surface area contributed by atoms with Crippen LogP contribution in [0.2, 0.25) is 5.02 Å². The van der Waals surface area contributed by atoms with E-state index in [1.807, 2.05) is 0 Å². The number of hydrogen-bond acceptors (Lipinski definition) is 7. The van der Waals surface area contributed by atoms with Gasteiger partial charge < -0.3 is 14.3 Å². The molecule has 4 aromatic rings. The van der Waals surface area contributed by atoms with Crippen LogP contribution in [0.25, 0.3) is 17.4 Å². The number of aromatic carboxylic acids is 1. The van der Waals surface area contributed by atoms with Gasteiger partial charge in [-0.1, -0.05) is 47.2 Å². The number of halogens is 1. The van der Waals surface area contributed by atoms with E-state index in [-0.39, 0.29) is 17.7 Å². The second kappa shape index (κ2) is 10.3. The Labute approximate surface area is 225 Å². The Hall–Kier alpha value is -4.21. The largest absolute Gasteiger partial charge is 0.478 e. The number of hydrogen-bond donors (Lipinski definition) is 1. The first-order valence-corrected chi connectivity index (χ1v) is 12.8. The van der Waals surface area contributed by atoms with E-state index in [9.17, 15) is 14.4 Å².